The van der Waals surface area contributed by atoms with Crippen LogP contribution in [0.3, 0.4) is 0 Å². The van der Waals surface area contributed by atoms with Gasteiger partial charge in [-0.3, -0.25) is 0 Å². The normalized spacial score (nSPS) is 23.5. The molecule has 0 atom stereocenters. The Bertz CT molecular complexity index is 129. The zero-order valence-electron chi connectivity index (χ0n) is 3.41. The van der Waals surface area contributed by atoms with Crippen LogP contribution < -0.4 is 0 Å². The Balaban J connectivity index is 2.61. The van der Waals surface area contributed by atoms with Gasteiger partial charge in [-0.1, -0.05) is 11.6 Å². The molecule has 0 aliphatic carbocycles. The van der Waals surface area contributed by atoms with Crippen molar-refractivity contribution in [1.82, 2.24) is 0 Å². The van der Waals surface area contributed by atoms with Crippen LogP contribution in [0.15, 0.2) is 10.2 Å². The quantitative estimate of drug-likeness (QED) is 0.367. The maximum atomic E-state index is 11.3. The van der Waals surface area contributed by atoms with Crippen molar-refractivity contribution in [1.29, 1.82) is 0 Å². The predicted octanol–water partition coefficient (Wildman–Crippen LogP) is 1.91. The Morgan fingerprint density at radius 1 is 1.25 bits per heavy atom. The van der Waals surface area contributed by atoms with E-state index in [1.54, 1.807) is 0 Å². The lowest BCUT2D eigenvalue weighted by Gasteiger charge is -2.04. The summed E-state index contributed by atoms with van der Waals surface area (Å²) in [5.74, 6) is 0. The average molecular weight is 144 g/mol. The number of rotatable bonds is 0. The third-order valence-electron chi connectivity index (χ3n) is 0.636. The first kappa shape index (κ1) is 5.81. The summed E-state index contributed by atoms with van der Waals surface area (Å²) >= 11 is 4.66. The van der Waals surface area contributed by atoms with Crippen molar-refractivity contribution in [2.45, 2.75) is 11.3 Å². The molecule has 46 valence electrons. The number of nitrogens with zero attached hydrogens (tertiary/aromatic N) is 2. The van der Waals surface area contributed by atoms with Gasteiger partial charge in [-0.15, -0.1) is 10.2 Å². The van der Waals surface area contributed by atoms with Crippen molar-refractivity contribution < 1.29 is 13.2 Å². The molecular formula is C2ClF3N2. The number of hydrogen-bond donors (Lipinski definition) is 0. The minimum atomic E-state index is -4.52. The summed E-state index contributed by atoms with van der Waals surface area (Å²) in [5.41, 5.74) is 0. The third-order valence-corrected chi connectivity index (χ3v) is 1.00. The van der Waals surface area contributed by atoms with Crippen molar-refractivity contribution in [3.63, 3.8) is 0 Å². The summed E-state index contributed by atoms with van der Waals surface area (Å²) in [7, 11) is 0. The number of hydrogen-bond acceptors (Lipinski definition) is 2. The Labute approximate surface area is 47.3 Å². The lowest BCUT2D eigenvalue weighted by atomic mass is 10.6. The van der Waals surface area contributed by atoms with Crippen LogP contribution in [0.2, 0.25) is 0 Å². The lowest BCUT2D eigenvalue weighted by molar-refractivity contribution is -0.142. The summed E-state index contributed by atoms with van der Waals surface area (Å²) in [4.78, 5) is 0. The van der Waals surface area contributed by atoms with E-state index < -0.39 is 11.3 Å². The van der Waals surface area contributed by atoms with Gasteiger partial charge in [0.25, 0.3) is 0 Å². The van der Waals surface area contributed by atoms with Gasteiger partial charge in [-0.25, -0.2) is 0 Å². The second kappa shape index (κ2) is 1.15. The second-order valence-corrected chi connectivity index (χ2v) is 1.81. The molecule has 8 heavy (non-hydrogen) atoms. The topological polar surface area (TPSA) is 24.7 Å². The van der Waals surface area contributed by atoms with Crippen LogP contribution >= 0.6 is 11.6 Å². The van der Waals surface area contributed by atoms with Gasteiger partial charge >= 0.3 is 11.3 Å². The summed E-state index contributed by atoms with van der Waals surface area (Å²) in [6.07, 6.45) is -4.52. The van der Waals surface area contributed by atoms with Gasteiger partial charge in [0.05, 0.1) is 0 Å². The van der Waals surface area contributed by atoms with E-state index in [0.29, 0.717) is 0 Å². The molecule has 0 saturated heterocycles. The minimum Gasteiger partial charge on any atom is -0.165 e. The molecular weight excluding hydrogens is 144 g/mol. The first-order chi connectivity index (χ1) is 3.46. The van der Waals surface area contributed by atoms with Crippen molar-refractivity contribution in [3.05, 3.63) is 0 Å². The highest BCUT2D eigenvalue weighted by atomic mass is 35.5. The molecule has 0 aromatic carbocycles. The fourth-order valence-corrected chi connectivity index (χ4v) is 0.195. The maximum Gasteiger partial charge on any atom is 0.453 e. The van der Waals surface area contributed by atoms with Gasteiger partial charge in [0.2, 0.25) is 0 Å². The van der Waals surface area contributed by atoms with Crippen LogP contribution in [-0.2, 0) is 0 Å². The van der Waals surface area contributed by atoms with Crippen LogP contribution in [0, 0.1) is 0 Å². The van der Waals surface area contributed by atoms with Crippen LogP contribution in [0.25, 0.3) is 0 Å². The fraction of sp³-hybridized carbons (Fsp3) is 1.00. The molecule has 0 unspecified atom stereocenters. The molecule has 1 rings (SSSR count). The summed E-state index contributed by atoms with van der Waals surface area (Å²) in [6, 6.07) is 0. The van der Waals surface area contributed by atoms with E-state index in [4.69, 9.17) is 0 Å². The Morgan fingerprint density at radius 3 is 1.62 bits per heavy atom. The van der Waals surface area contributed by atoms with Gasteiger partial charge in [-0.05, 0) is 0 Å². The van der Waals surface area contributed by atoms with Gasteiger partial charge in [0, 0.05) is 0 Å². The lowest BCUT2D eigenvalue weighted by Crippen LogP contribution is -2.25. The molecule has 1 aliphatic rings. The van der Waals surface area contributed by atoms with Crippen molar-refractivity contribution in [2.75, 3.05) is 0 Å². The monoisotopic (exact) mass is 144 g/mol. The molecule has 0 bridgehead atoms. The van der Waals surface area contributed by atoms with Crippen LogP contribution in [0.5, 0.6) is 0 Å². The van der Waals surface area contributed by atoms with Crippen molar-refractivity contribution >= 4 is 11.6 Å². The van der Waals surface area contributed by atoms with E-state index in [9.17, 15) is 13.2 Å². The predicted molar refractivity (Wildman–Crippen MR) is 19.5 cm³/mol. The second-order valence-electron chi connectivity index (χ2n) is 1.28. The zero-order valence-corrected chi connectivity index (χ0v) is 4.16. The summed E-state index contributed by atoms with van der Waals surface area (Å²) in [6.45, 7) is 0. The number of alkyl halides is 4. The smallest absolute Gasteiger partial charge is 0.165 e. The maximum absolute atomic E-state index is 11.3. The zero-order chi connectivity index (χ0) is 6.41. The SMILES string of the molecule is FC(F)(F)C1(Cl)N=N1. The molecule has 0 radical (unpaired) electrons. The van der Waals surface area contributed by atoms with Crippen LogP contribution in [0.1, 0.15) is 0 Å². The van der Waals surface area contributed by atoms with Crippen LogP contribution in [-0.4, -0.2) is 11.3 Å². The molecule has 0 aromatic rings. The van der Waals surface area contributed by atoms with E-state index in [1.807, 2.05) is 0 Å². The van der Waals surface area contributed by atoms with E-state index in [0.717, 1.165) is 0 Å². The minimum absolute atomic E-state index is 2.57. The van der Waals surface area contributed by atoms with E-state index in [1.165, 1.54) is 0 Å². The molecule has 0 N–H and O–H groups in total. The highest BCUT2D eigenvalue weighted by Crippen LogP contribution is 2.47. The molecule has 6 heteroatoms. The largest absolute Gasteiger partial charge is 0.453 e. The van der Waals surface area contributed by atoms with Gasteiger partial charge in [0.15, 0.2) is 0 Å². The number of halogens is 4. The molecule has 1 heterocycles. The first-order valence-corrected chi connectivity index (χ1v) is 2.03. The van der Waals surface area contributed by atoms with Gasteiger partial charge in [-0.2, -0.15) is 13.2 Å². The Hall–Kier alpha value is -0.320. The average Bonchev–Trinajstić information content (AvgIpc) is 2.16. The Kier molecular flexibility index (Phi) is 0.836. The van der Waals surface area contributed by atoms with Crippen molar-refractivity contribution in [3.8, 4) is 0 Å². The van der Waals surface area contributed by atoms with Gasteiger partial charge in [0.1, 0.15) is 0 Å². The third kappa shape index (κ3) is 0.665. The molecule has 0 aromatic heterocycles. The fourth-order valence-electron chi connectivity index (χ4n) is 0.157. The standard InChI is InChI=1S/C2ClF3N2/c3-1(7-8-1)2(4,5)6. The Morgan fingerprint density at radius 2 is 1.62 bits per heavy atom. The van der Waals surface area contributed by atoms with E-state index in [-0.39, 0.29) is 0 Å². The van der Waals surface area contributed by atoms with Crippen molar-refractivity contribution in [2.24, 2.45) is 10.2 Å². The van der Waals surface area contributed by atoms with Gasteiger partial charge < -0.3 is 0 Å². The molecule has 0 saturated carbocycles. The molecule has 2 nitrogen and oxygen atoms in total. The van der Waals surface area contributed by atoms with Crippen LogP contribution in [0.4, 0.5) is 13.2 Å². The highest BCUT2D eigenvalue weighted by molar-refractivity contribution is 6.25. The molecule has 0 fully saturated rings. The molecule has 0 spiro atoms. The molecule has 0 amide bonds. The summed E-state index contributed by atoms with van der Waals surface area (Å²) < 4.78 is 33.9. The molecule has 1 aliphatic heterocycles. The first-order valence-electron chi connectivity index (χ1n) is 1.65. The van der Waals surface area contributed by atoms with E-state index >= 15 is 0 Å². The highest BCUT2D eigenvalue weighted by Gasteiger charge is 2.63. The van der Waals surface area contributed by atoms with E-state index in [2.05, 4.69) is 21.8 Å². The summed E-state index contributed by atoms with van der Waals surface area (Å²) in [5, 5.41) is 2.55.